The molecule has 10 heteroatoms. The van der Waals surface area contributed by atoms with Gasteiger partial charge in [-0.1, -0.05) is 23.8 Å². The molecule has 3 aromatic rings. The Balaban J connectivity index is 1.52. The average molecular weight is 436 g/mol. The number of ether oxygens (including phenoxy) is 1. The Kier molecular flexibility index (Phi) is 6.56. The molecule has 1 aromatic heterocycles. The molecule has 30 heavy (non-hydrogen) atoms. The molecule has 2 N–H and O–H groups in total. The summed E-state index contributed by atoms with van der Waals surface area (Å²) in [5, 5.41) is 9.59. The lowest BCUT2D eigenvalue weighted by Gasteiger charge is -2.11. The summed E-state index contributed by atoms with van der Waals surface area (Å²) < 4.78 is 44.9. The van der Waals surface area contributed by atoms with Crippen LogP contribution in [-0.4, -0.2) is 33.8 Å². The molecule has 0 spiro atoms. The molecule has 0 aliphatic rings. The van der Waals surface area contributed by atoms with Crippen molar-refractivity contribution in [2.75, 3.05) is 13.2 Å². The third-order valence-corrected chi connectivity index (χ3v) is 4.52. The lowest BCUT2D eigenvalue weighted by atomic mass is 10.1. The van der Waals surface area contributed by atoms with Gasteiger partial charge in [-0.2, -0.15) is 18.3 Å². The third-order valence-electron chi connectivity index (χ3n) is 4.21. The lowest BCUT2D eigenvalue weighted by Crippen LogP contribution is -2.31. The van der Waals surface area contributed by atoms with E-state index in [4.69, 9.17) is 17.0 Å². The highest BCUT2D eigenvalue weighted by Gasteiger charge is 2.30. The molecule has 0 fully saturated rings. The number of alkyl halides is 3. The largest absolute Gasteiger partial charge is 0.492 e. The number of aromatic nitrogens is 3. The van der Waals surface area contributed by atoms with Gasteiger partial charge in [0.1, 0.15) is 18.9 Å². The van der Waals surface area contributed by atoms with Crippen LogP contribution in [0.5, 0.6) is 5.75 Å². The lowest BCUT2D eigenvalue weighted by molar-refractivity contribution is -0.137. The first-order chi connectivity index (χ1) is 14.2. The van der Waals surface area contributed by atoms with Gasteiger partial charge < -0.3 is 10.1 Å². The van der Waals surface area contributed by atoms with Crippen LogP contribution in [0.1, 0.15) is 11.1 Å². The fourth-order valence-electron chi connectivity index (χ4n) is 2.77. The van der Waals surface area contributed by atoms with Gasteiger partial charge in [-0.25, -0.2) is 0 Å². The summed E-state index contributed by atoms with van der Waals surface area (Å²) in [6, 6.07) is 12.0. The van der Waals surface area contributed by atoms with Crippen LogP contribution in [0.4, 0.5) is 13.2 Å². The fraction of sp³-hybridized carbons (Fsp3) is 0.250. The number of carbonyl (C=O) groups is 1. The van der Waals surface area contributed by atoms with Crippen molar-refractivity contribution in [3.05, 3.63) is 64.4 Å². The van der Waals surface area contributed by atoms with Crippen LogP contribution in [0, 0.1) is 11.7 Å². The average Bonchev–Trinajstić information content (AvgIpc) is 3.05. The van der Waals surface area contributed by atoms with Crippen LogP contribution < -0.4 is 10.1 Å². The second-order valence-electron chi connectivity index (χ2n) is 6.53. The number of H-pyrrole nitrogens is 1. The standard InChI is InChI=1S/C20H19F3N4O2S/c1-13-3-2-4-14(11-13)18-25-26-19(30)27(18)12-17(28)24-9-10-29-16-7-5-15(6-8-16)20(21,22)23/h2-8,11H,9-10,12H2,1H3,(H,24,28)(H,26,30). The quantitative estimate of drug-likeness (QED) is 0.432. The second kappa shape index (κ2) is 9.12. The van der Waals surface area contributed by atoms with Gasteiger partial charge in [0.25, 0.3) is 0 Å². The number of hydrogen-bond donors (Lipinski definition) is 2. The molecule has 0 radical (unpaired) electrons. The number of benzene rings is 2. The number of nitrogens with zero attached hydrogens (tertiary/aromatic N) is 2. The summed E-state index contributed by atoms with van der Waals surface area (Å²) in [5.41, 5.74) is 1.14. The van der Waals surface area contributed by atoms with E-state index in [9.17, 15) is 18.0 Å². The minimum Gasteiger partial charge on any atom is -0.492 e. The van der Waals surface area contributed by atoms with Crippen molar-refractivity contribution in [2.24, 2.45) is 0 Å². The molecule has 0 bridgehead atoms. The first-order valence-corrected chi connectivity index (χ1v) is 9.44. The Hall–Kier alpha value is -3.14. The maximum atomic E-state index is 12.6. The van der Waals surface area contributed by atoms with Crippen molar-refractivity contribution in [1.82, 2.24) is 20.1 Å². The molecule has 0 saturated carbocycles. The van der Waals surface area contributed by atoms with Crippen LogP contribution >= 0.6 is 12.2 Å². The van der Waals surface area contributed by atoms with Crippen LogP contribution in [0.15, 0.2) is 48.5 Å². The van der Waals surface area contributed by atoms with Crippen molar-refractivity contribution in [3.63, 3.8) is 0 Å². The van der Waals surface area contributed by atoms with Crippen LogP contribution in [0.2, 0.25) is 0 Å². The van der Waals surface area contributed by atoms with Crippen LogP contribution in [0.3, 0.4) is 0 Å². The zero-order valence-corrected chi connectivity index (χ0v) is 16.8. The molecule has 2 aromatic carbocycles. The summed E-state index contributed by atoms with van der Waals surface area (Å²) in [5.74, 6) is 0.549. The molecular formula is C20H19F3N4O2S. The van der Waals surface area contributed by atoms with E-state index in [-0.39, 0.29) is 31.4 Å². The van der Waals surface area contributed by atoms with E-state index in [2.05, 4.69) is 15.5 Å². The third kappa shape index (κ3) is 5.47. The number of carbonyl (C=O) groups excluding carboxylic acids is 1. The molecule has 6 nitrogen and oxygen atoms in total. The SMILES string of the molecule is Cc1cccc(-c2n[nH]c(=S)n2CC(=O)NCCOc2ccc(C(F)(F)F)cc2)c1. The van der Waals surface area contributed by atoms with Crippen molar-refractivity contribution in [2.45, 2.75) is 19.6 Å². The molecule has 3 rings (SSSR count). The highest BCUT2D eigenvalue weighted by molar-refractivity contribution is 7.71. The van der Waals surface area contributed by atoms with E-state index in [0.717, 1.165) is 23.3 Å². The molecular weight excluding hydrogens is 417 g/mol. The number of rotatable bonds is 7. The summed E-state index contributed by atoms with van der Waals surface area (Å²) in [4.78, 5) is 12.3. The van der Waals surface area contributed by atoms with E-state index in [1.807, 2.05) is 31.2 Å². The van der Waals surface area contributed by atoms with Gasteiger partial charge in [-0.3, -0.25) is 14.5 Å². The van der Waals surface area contributed by atoms with Crippen molar-refractivity contribution >= 4 is 18.1 Å². The number of aromatic amines is 1. The Morgan fingerprint density at radius 2 is 1.97 bits per heavy atom. The van der Waals surface area contributed by atoms with Gasteiger partial charge in [0.15, 0.2) is 10.6 Å². The first kappa shape index (κ1) is 21.6. The second-order valence-corrected chi connectivity index (χ2v) is 6.92. The van der Waals surface area contributed by atoms with E-state index in [1.54, 1.807) is 4.57 Å². The maximum Gasteiger partial charge on any atom is 0.416 e. The maximum absolute atomic E-state index is 12.6. The molecule has 1 heterocycles. The fourth-order valence-corrected chi connectivity index (χ4v) is 2.96. The topological polar surface area (TPSA) is 71.9 Å². The molecule has 0 unspecified atom stereocenters. The van der Waals surface area contributed by atoms with E-state index < -0.39 is 11.7 Å². The number of aryl methyl sites for hydroxylation is 1. The zero-order chi connectivity index (χ0) is 21.7. The van der Waals surface area contributed by atoms with Gasteiger partial charge in [0.2, 0.25) is 5.91 Å². The normalized spacial score (nSPS) is 11.3. The molecule has 158 valence electrons. The number of hydrogen-bond acceptors (Lipinski definition) is 4. The molecule has 1 amide bonds. The van der Waals surface area contributed by atoms with E-state index >= 15 is 0 Å². The Labute approximate surface area is 175 Å². The van der Waals surface area contributed by atoms with Crippen molar-refractivity contribution in [3.8, 4) is 17.1 Å². The van der Waals surface area contributed by atoms with Gasteiger partial charge in [-0.05, 0) is 49.5 Å². The van der Waals surface area contributed by atoms with Gasteiger partial charge in [0, 0.05) is 5.56 Å². The molecule has 0 atom stereocenters. The monoisotopic (exact) mass is 436 g/mol. The first-order valence-electron chi connectivity index (χ1n) is 9.03. The minimum absolute atomic E-state index is 0.0289. The predicted octanol–water partition coefficient (Wildman–Crippen LogP) is 4.13. The minimum atomic E-state index is -4.39. The van der Waals surface area contributed by atoms with Gasteiger partial charge >= 0.3 is 6.18 Å². The number of nitrogens with one attached hydrogen (secondary N) is 2. The van der Waals surface area contributed by atoms with Crippen LogP contribution in [0.25, 0.3) is 11.4 Å². The number of halogens is 3. The zero-order valence-electron chi connectivity index (χ0n) is 16.0. The summed E-state index contributed by atoms with van der Waals surface area (Å²) in [6.07, 6.45) is -4.39. The highest BCUT2D eigenvalue weighted by atomic mass is 32.1. The van der Waals surface area contributed by atoms with Crippen molar-refractivity contribution in [1.29, 1.82) is 0 Å². The van der Waals surface area contributed by atoms with Crippen LogP contribution in [-0.2, 0) is 17.5 Å². The molecule has 0 saturated heterocycles. The van der Waals surface area contributed by atoms with E-state index in [1.165, 1.54) is 12.1 Å². The Morgan fingerprint density at radius 1 is 1.23 bits per heavy atom. The Morgan fingerprint density at radius 3 is 2.63 bits per heavy atom. The predicted molar refractivity (Wildman–Crippen MR) is 108 cm³/mol. The highest BCUT2D eigenvalue weighted by Crippen LogP contribution is 2.30. The molecule has 0 aliphatic carbocycles. The summed E-state index contributed by atoms with van der Waals surface area (Å²) in [7, 11) is 0. The smallest absolute Gasteiger partial charge is 0.416 e. The van der Waals surface area contributed by atoms with Gasteiger partial charge in [0.05, 0.1) is 12.1 Å². The Bertz CT molecular complexity index is 1070. The molecule has 0 aliphatic heterocycles. The number of amides is 1. The van der Waals surface area contributed by atoms with Crippen molar-refractivity contribution < 1.29 is 22.7 Å². The van der Waals surface area contributed by atoms with E-state index in [0.29, 0.717) is 10.6 Å². The summed E-state index contributed by atoms with van der Waals surface area (Å²) in [6.45, 7) is 2.22. The van der Waals surface area contributed by atoms with Gasteiger partial charge in [-0.15, -0.1) is 0 Å². The summed E-state index contributed by atoms with van der Waals surface area (Å²) >= 11 is 5.22.